The highest BCUT2D eigenvalue weighted by molar-refractivity contribution is 5.94. The van der Waals surface area contributed by atoms with Crippen LogP contribution in [0, 0.1) is 0 Å². The first-order chi connectivity index (χ1) is 16.0. The second-order valence-corrected chi connectivity index (χ2v) is 8.67. The molecule has 1 fully saturated rings. The van der Waals surface area contributed by atoms with E-state index in [4.69, 9.17) is 4.74 Å². The van der Waals surface area contributed by atoms with Crippen molar-refractivity contribution in [1.82, 2.24) is 15.2 Å². The number of rotatable bonds is 8. The quantitative estimate of drug-likeness (QED) is 0.552. The van der Waals surface area contributed by atoms with Crippen LogP contribution in [0.25, 0.3) is 0 Å². The van der Waals surface area contributed by atoms with E-state index in [9.17, 15) is 9.90 Å². The number of nitrogens with zero attached hydrogens (tertiary/aromatic N) is 2. The van der Waals surface area contributed by atoms with Gasteiger partial charge in [0.1, 0.15) is 0 Å². The molecule has 0 spiro atoms. The van der Waals surface area contributed by atoms with Crippen molar-refractivity contribution in [3.63, 3.8) is 0 Å². The van der Waals surface area contributed by atoms with Crippen LogP contribution in [-0.4, -0.2) is 47.1 Å². The second-order valence-electron chi connectivity index (χ2n) is 8.67. The van der Waals surface area contributed by atoms with Crippen molar-refractivity contribution in [1.29, 1.82) is 0 Å². The lowest BCUT2D eigenvalue weighted by atomic mass is 10.0. The van der Waals surface area contributed by atoms with Crippen molar-refractivity contribution in [2.75, 3.05) is 14.2 Å². The molecule has 1 aromatic heterocycles. The number of aliphatic hydroxyl groups is 1. The molecule has 1 aliphatic heterocycles. The third-order valence-corrected chi connectivity index (χ3v) is 6.25. The van der Waals surface area contributed by atoms with Crippen molar-refractivity contribution >= 4 is 5.91 Å². The first-order valence-electron chi connectivity index (χ1n) is 11.4. The number of ether oxygens (including phenoxy) is 1. The molecular formula is C27H31N3O3. The number of carbonyl (C=O) groups is 1. The largest absolute Gasteiger partial charge is 0.481 e. The van der Waals surface area contributed by atoms with E-state index in [0.717, 1.165) is 30.4 Å². The molecule has 2 N–H and O–H groups in total. The number of nitrogens with one attached hydrogen (secondary N) is 1. The number of aromatic nitrogens is 1. The predicted molar refractivity (Wildman–Crippen MR) is 128 cm³/mol. The van der Waals surface area contributed by atoms with Crippen LogP contribution in [0.5, 0.6) is 5.88 Å². The molecule has 0 unspecified atom stereocenters. The minimum Gasteiger partial charge on any atom is -0.481 e. The molecule has 1 amide bonds. The fraction of sp³-hybridized carbons (Fsp3) is 0.333. The molecule has 0 radical (unpaired) electrons. The Morgan fingerprint density at radius 3 is 2.48 bits per heavy atom. The van der Waals surface area contributed by atoms with Gasteiger partial charge in [0.25, 0.3) is 5.91 Å². The molecule has 1 saturated heterocycles. The zero-order valence-electron chi connectivity index (χ0n) is 19.1. The molecule has 3 atom stereocenters. The van der Waals surface area contributed by atoms with Crippen LogP contribution in [0.15, 0.2) is 72.9 Å². The summed E-state index contributed by atoms with van der Waals surface area (Å²) >= 11 is 0. The number of methoxy groups -OCH3 is 1. The average Bonchev–Trinajstić information content (AvgIpc) is 3.33. The lowest BCUT2D eigenvalue weighted by Crippen LogP contribution is -2.35. The molecule has 172 valence electrons. The van der Waals surface area contributed by atoms with Crippen molar-refractivity contribution in [3.8, 4) is 5.88 Å². The van der Waals surface area contributed by atoms with Gasteiger partial charge in [-0.1, -0.05) is 48.5 Å². The molecule has 0 saturated carbocycles. The third kappa shape index (κ3) is 5.78. The molecular weight excluding hydrogens is 414 g/mol. The number of amides is 1. The zero-order valence-corrected chi connectivity index (χ0v) is 19.1. The Kier molecular flexibility index (Phi) is 7.37. The zero-order chi connectivity index (χ0) is 23.2. The van der Waals surface area contributed by atoms with Crippen molar-refractivity contribution < 1.29 is 14.6 Å². The Balaban J connectivity index is 1.30. The molecule has 1 aliphatic rings. The van der Waals surface area contributed by atoms with Crippen LogP contribution in [-0.2, 0) is 13.0 Å². The highest BCUT2D eigenvalue weighted by atomic mass is 16.5. The summed E-state index contributed by atoms with van der Waals surface area (Å²) in [6.07, 6.45) is 4.07. The Bertz CT molecular complexity index is 1040. The molecule has 2 heterocycles. The fourth-order valence-corrected chi connectivity index (χ4v) is 4.40. The van der Waals surface area contributed by atoms with Gasteiger partial charge in [-0.15, -0.1) is 0 Å². The number of hydrogen-bond acceptors (Lipinski definition) is 5. The summed E-state index contributed by atoms with van der Waals surface area (Å²) in [6, 6.07) is 21.8. The maximum Gasteiger partial charge on any atom is 0.253 e. The van der Waals surface area contributed by atoms with Gasteiger partial charge in [-0.3, -0.25) is 4.79 Å². The van der Waals surface area contributed by atoms with E-state index in [1.54, 1.807) is 31.3 Å². The van der Waals surface area contributed by atoms with E-state index in [2.05, 4.69) is 10.3 Å². The van der Waals surface area contributed by atoms with E-state index < -0.39 is 6.10 Å². The van der Waals surface area contributed by atoms with Gasteiger partial charge < -0.3 is 20.1 Å². The smallest absolute Gasteiger partial charge is 0.253 e. The maximum atomic E-state index is 12.8. The van der Waals surface area contributed by atoms with E-state index in [1.165, 1.54) is 5.56 Å². The summed E-state index contributed by atoms with van der Waals surface area (Å²) < 4.78 is 5.08. The van der Waals surface area contributed by atoms with Gasteiger partial charge in [-0.25, -0.2) is 4.98 Å². The summed E-state index contributed by atoms with van der Waals surface area (Å²) in [5.74, 6) is 0.531. The molecule has 3 aromatic rings. The first-order valence-corrected chi connectivity index (χ1v) is 11.4. The Hall–Kier alpha value is -3.22. The van der Waals surface area contributed by atoms with Crippen LogP contribution in [0.2, 0.25) is 0 Å². The summed E-state index contributed by atoms with van der Waals surface area (Å²) in [5, 5.41) is 14.3. The second kappa shape index (κ2) is 10.6. The molecule has 4 rings (SSSR count). The summed E-state index contributed by atoms with van der Waals surface area (Å²) in [5.41, 5.74) is 3.75. The first kappa shape index (κ1) is 23.0. The summed E-state index contributed by atoms with van der Waals surface area (Å²) in [6.45, 7) is 0.481. The van der Waals surface area contributed by atoms with Gasteiger partial charge in [-0.2, -0.15) is 0 Å². The number of benzene rings is 2. The van der Waals surface area contributed by atoms with Crippen LogP contribution < -0.4 is 10.1 Å². The van der Waals surface area contributed by atoms with Crippen molar-refractivity contribution in [2.45, 2.75) is 44.0 Å². The third-order valence-electron chi connectivity index (χ3n) is 6.25. The van der Waals surface area contributed by atoms with E-state index >= 15 is 0 Å². The molecule has 0 aliphatic carbocycles. The average molecular weight is 446 g/mol. The molecule has 0 bridgehead atoms. The maximum absolute atomic E-state index is 12.8. The predicted octanol–water partition coefficient (Wildman–Crippen LogP) is 3.76. The Morgan fingerprint density at radius 1 is 1.09 bits per heavy atom. The Morgan fingerprint density at radius 2 is 1.82 bits per heavy atom. The lowest BCUT2D eigenvalue weighted by Gasteiger charge is -2.20. The van der Waals surface area contributed by atoms with Crippen LogP contribution >= 0.6 is 0 Å². The van der Waals surface area contributed by atoms with Crippen LogP contribution in [0.4, 0.5) is 0 Å². The van der Waals surface area contributed by atoms with Crippen molar-refractivity contribution in [3.05, 3.63) is 95.2 Å². The number of carbonyl (C=O) groups excluding carboxylic acids is 1. The normalized spacial score (nSPS) is 18.6. The fourth-order valence-electron chi connectivity index (χ4n) is 4.40. The number of aliphatic hydroxyl groups excluding tert-OH is 1. The van der Waals surface area contributed by atoms with E-state index in [1.807, 2.05) is 60.7 Å². The molecule has 6 nitrogen and oxygen atoms in total. The Labute approximate surface area is 195 Å². The van der Waals surface area contributed by atoms with Crippen LogP contribution in [0.1, 0.15) is 46.0 Å². The minimum atomic E-state index is -0.493. The number of hydrogen-bond donors (Lipinski definition) is 2. The van der Waals surface area contributed by atoms with Gasteiger partial charge >= 0.3 is 0 Å². The van der Waals surface area contributed by atoms with E-state index in [0.29, 0.717) is 24.0 Å². The van der Waals surface area contributed by atoms with Gasteiger partial charge in [0.15, 0.2) is 0 Å². The molecule has 6 heteroatoms. The summed E-state index contributed by atoms with van der Waals surface area (Å²) in [4.78, 5) is 18.7. The van der Waals surface area contributed by atoms with Gasteiger partial charge in [0.2, 0.25) is 5.88 Å². The highest BCUT2D eigenvalue weighted by Crippen LogP contribution is 2.26. The van der Waals surface area contributed by atoms with Gasteiger partial charge in [-0.05, 0) is 48.1 Å². The monoisotopic (exact) mass is 445 g/mol. The van der Waals surface area contributed by atoms with Crippen molar-refractivity contribution in [2.24, 2.45) is 0 Å². The lowest BCUT2D eigenvalue weighted by molar-refractivity contribution is 0.0785. The molecule has 33 heavy (non-hydrogen) atoms. The standard InChI is InChI=1S/C27H31N3O3/c1-30(18-20-10-15-25(33-2)28-17-20)27(32)22-11-8-19(9-12-22)16-23-13-14-24(29-23)26(31)21-6-4-3-5-7-21/h3-12,15,17,23-24,26,29,31H,13-14,16,18H2,1-2H3/t23-,24+,26+/m0/s1. The summed E-state index contributed by atoms with van der Waals surface area (Å²) in [7, 11) is 3.37. The van der Waals surface area contributed by atoms with Gasteiger partial charge in [0, 0.05) is 43.5 Å². The van der Waals surface area contributed by atoms with E-state index in [-0.39, 0.29) is 11.9 Å². The SMILES string of the molecule is COc1ccc(CN(C)C(=O)c2ccc(C[C@@H]3CC[C@H]([C@H](O)c4ccccc4)N3)cc2)cn1. The highest BCUT2D eigenvalue weighted by Gasteiger charge is 2.29. The topological polar surface area (TPSA) is 74.7 Å². The van der Waals surface area contributed by atoms with Crippen LogP contribution in [0.3, 0.4) is 0 Å². The van der Waals surface area contributed by atoms with Gasteiger partial charge in [0.05, 0.1) is 13.2 Å². The minimum absolute atomic E-state index is 0.0255. The number of pyridine rings is 1. The molecule has 2 aromatic carbocycles.